The molecule has 0 saturated carbocycles. The monoisotopic (exact) mass is 426 g/mol. The molecular weight excluding hydrogens is 408 g/mol. The lowest BCUT2D eigenvalue weighted by Gasteiger charge is -2.21. The second-order valence-electron chi connectivity index (χ2n) is 6.82. The van der Waals surface area contributed by atoms with Crippen LogP contribution >= 0.6 is 15.9 Å². The van der Waals surface area contributed by atoms with E-state index in [0.29, 0.717) is 18.9 Å². The van der Waals surface area contributed by atoms with E-state index in [0.717, 1.165) is 20.9 Å². The molecule has 1 aliphatic heterocycles. The van der Waals surface area contributed by atoms with E-state index in [2.05, 4.69) is 26.1 Å². The molecule has 0 aliphatic carbocycles. The minimum atomic E-state index is -0.353. The van der Waals surface area contributed by atoms with Crippen LogP contribution < -0.4 is 4.90 Å². The summed E-state index contributed by atoms with van der Waals surface area (Å²) in [6.45, 7) is 0.885. The second kappa shape index (κ2) is 7.15. The highest BCUT2D eigenvalue weighted by Crippen LogP contribution is 2.31. The molecule has 2 aromatic carbocycles. The topological polar surface area (TPSA) is 69.3 Å². The number of nitrogens with zero attached hydrogens (tertiary/aromatic N) is 3. The predicted octanol–water partition coefficient (Wildman–Crippen LogP) is 3.34. The van der Waals surface area contributed by atoms with E-state index in [9.17, 15) is 9.59 Å². The molecule has 1 saturated heterocycles. The summed E-state index contributed by atoms with van der Waals surface area (Å²) >= 11 is 3.43. The van der Waals surface area contributed by atoms with Crippen molar-refractivity contribution in [2.24, 2.45) is 5.92 Å². The maximum absolute atomic E-state index is 12.8. The second-order valence-corrected chi connectivity index (χ2v) is 7.74. The molecule has 1 aromatic heterocycles. The van der Waals surface area contributed by atoms with Crippen LogP contribution in [-0.2, 0) is 16.1 Å². The highest BCUT2D eigenvalue weighted by Gasteiger charge is 2.38. The maximum atomic E-state index is 12.8. The molecule has 3 aromatic rings. The number of hydrogen-bond donors (Lipinski definition) is 1. The van der Waals surface area contributed by atoms with Crippen LogP contribution in [0.1, 0.15) is 12.0 Å². The number of carbonyl (C=O) groups is 2. The maximum Gasteiger partial charge on any atom is 0.229 e. The highest BCUT2D eigenvalue weighted by atomic mass is 79.9. The Hall–Kier alpha value is -2.67. The molecule has 1 N–H and O–H groups in total. The van der Waals surface area contributed by atoms with E-state index in [4.69, 9.17) is 0 Å². The number of rotatable bonds is 4. The summed E-state index contributed by atoms with van der Waals surface area (Å²) < 4.78 is 0.938. The zero-order valence-electron chi connectivity index (χ0n) is 14.9. The van der Waals surface area contributed by atoms with Gasteiger partial charge in [0, 0.05) is 36.4 Å². The van der Waals surface area contributed by atoms with E-state index in [1.165, 1.54) is 0 Å². The minimum absolute atomic E-state index is 0.0164. The summed E-state index contributed by atoms with van der Waals surface area (Å²) in [5.41, 5.74) is 1.92. The molecule has 0 bridgehead atoms. The number of aromatic nitrogens is 2. The molecule has 138 valence electrons. The largest absolute Gasteiger partial charge is 0.341 e. The average molecular weight is 427 g/mol. The van der Waals surface area contributed by atoms with Gasteiger partial charge in [-0.1, -0.05) is 46.3 Å². The number of fused-ring (bicyclic) bond motifs is 1. The summed E-state index contributed by atoms with van der Waals surface area (Å²) in [5, 5.41) is 8.14. The molecule has 0 spiro atoms. The zero-order valence-corrected chi connectivity index (χ0v) is 16.4. The van der Waals surface area contributed by atoms with Gasteiger partial charge in [0.05, 0.1) is 11.4 Å². The molecule has 2 heterocycles. The molecule has 4 rings (SSSR count). The smallest absolute Gasteiger partial charge is 0.229 e. The van der Waals surface area contributed by atoms with Crippen LogP contribution in [0.5, 0.6) is 0 Å². The Morgan fingerprint density at radius 2 is 2.07 bits per heavy atom. The van der Waals surface area contributed by atoms with Crippen LogP contribution in [0, 0.1) is 5.92 Å². The van der Waals surface area contributed by atoms with Crippen LogP contribution in [0.3, 0.4) is 0 Å². The molecular formula is C20H19BrN4O2. The normalized spacial score (nSPS) is 16.9. The molecule has 7 heteroatoms. The first-order valence-electron chi connectivity index (χ1n) is 8.76. The Labute approximate surface area is 165 Å². The summed E-state index contributed by atoms with van der Waals surface area (Å²) in [7, 11) is 1.78. The number of halogens is 1. The molecule has 27 heavy (non-hydrogen) atoms. The van der Waals surface area contributed by atoms with E-state index >= 15 is 0 Å². The summed E-state index contributed by atoms with van der Waals surface area (Å²) in [6.07, 6.45) is 0.211. The van der Waals surface area contributed by atoms with Crippen molar-refractivity contribution >= 4 is 44.5 Å². The number of anilines is 1. The van der Waals surface area contributed by atoms with Gasteiger partial charge in [-0.3, -0.25) is 19.6 Å². The van der Waals surface area contributed by atoms with Gasteiger partial charge in [-0.15, -0.1) is 0 Å². The highest BCUT2D eigenvalue weighted by molar-refractivity contribution is 9.10. The van der Waals surface area contributed by atoms with Gasteiger partial charge in [-0.2, -0.15) is 5.10 Å². The van der Waals surface area contributed by atoms with Crippen molar-refractivity contribution in [2.75, 3.05) is 18.5 Å². The summed E-state index contributed by atoms with van der Waals surface area (Å²) in [5.74, 6) is 0.145. The fourth-order valence-electron chi connectivity index (χ4n) is 3.51. The van der Waals surface area contributed by atoms with Crippen LogP contribution in [0.15, 0.2) is 53.0 Å². The zero-order chi connectivity index (χ0) is 19.0. The number of benzene rings is 2. The lowest BCUT2D eigenvalue weighted by Crippen LogP contribution is -2.34. The quantitative estimate of drug-likeness (QED) is 0.695. The fraction of sp³-hybridized carbons (Fsp3) is 0.250. The third kappa shape index (κ3) is 3.47. The number of aromatic amines is 1. The van der Waals surface area contributed by atoms with Gasteiger partial charge in [-0.25, -0.2) is 0 Å². The Balaban J connectivity index is 1.50. The van der Waals surface area contributed by atoms with Gasteiger partial charge < -0.3 is 4.90 Å². The van der Waals surface area contributed by atoms with Crippen molar-refractivity contribution in [3.05, 3.63) is 58.6 Å². The SMILES string of the molecule is CN(Cc1ccccc1)C(=O)[C@H]1CC(=O)N(c2n[nH]c3cc(Br)ccc23)C1. The van der Waals surface area contributed by atoms with E-state index in [1.54, 1.807) is 16.8 Å². The van der Waals surface area contributed by atoms with E-state index in [-0.39, 0.29) is 24.2 Å². The molecule has 0 unspecified atom stereocenters. The Bertz CT molecular complexity index is 1000. The summed E-state index contributed by atoms with van der Waals surface area (Å²) in [6, 6.07) is 15.6. The first-order valence-corrected chi connectivity index (χ1v) is 9.55. The Kier molecular flexibility index (Phi) is 4.70. The van der Waals surface area contributed by atoms with E-state index in [1.807, 2.05) is 48.5 Å². The lowest BCUT2D eigenvalue weighted by atomic mass is 10.1. The van der Waals surface area contributed by atoms with Crippen molar-refractivity contribution in [3.63, 3.8) is 0 Å². The first-order chi connectivity index (χ1) is 13.0. The van der Waals surface area contributed by atoms with Crippen molar-refractivity contribution in [1.29, 1.82) is 0 Å². The summed E-state index contributed by atoms with van der Waals surface area (Å²) in [4.78, 5) is 28.7. The van der Waals surface area contributed by atoms with Crippen LogP contribution in [0.2, 0.25) is 0 Å². The Morgan fingerprint density at radius 1 is 1.30 bits per heavy atom. The third-order valence-corrected chi connectivity index (χ3v) is 5.37. The van der Waals surface area contributed by atoms with Crippen LogP contribution in [-0.4, -0.2) is 40.5 Å². The molecule has 1 aliphatic rings. The fourth-order valence-corrected chi connectivity index (χ4v) is 3.87. The standard InChI is InChI=1S/C20H19BrN4O2/c1-24(11-13-5-3-2-4-6-13)20(27)14-9-18(26)25(12-14)19-16-8-7-15(21)10-17(16)22-23-19/h2-8,10,14H,9,11-12H2,1H3,(H,22,23)/t14-/m0/s1. The third-order valence-electron chi connectivity index (χ3n) is 4.87. The van der Waals surface area contributed by atoms with Crippen LogP contribution in [0.4, 0.5) is 5.82 Å². The first kappa shape index (κ1) is 17.7. The molecule has 2 amide bonds. The van der Waals surface area contributed by atoms with Gasteiger partial charge in [0.1, 0.15) is 0 Å². The molecule has 6 nitrogen and oxygen atoms in total. The van der Waals surface area contributed by atoms with Gasteiger partial charge in [-0.05, 0) is 23.8 Å². The number of nitrogens with one attached hydrogen (secondary N) is 1. The lowest BCUT2D eigenvalue weighted by molar-refractivity contribution is -0.135. The average Bonchev–Trinajstić information content (AvgIpc) is 3.24. The molecule has 1 atom stereocenters. The van der Waals surface area contributed by atoms with Crippen molar-refractivity contribution in [3.8, 4) is 0 Å². The van der Waals surface area contributed by atoms with Crippen molar-refractivity contribution < 1.29 is 9.59 Å². The predicted molar refractivity (Wildman–Crippen MR) is 107 cm³/mol. The number of carbonyl (C=O) groups excluding carboxylic acids is 2. The van der Waals surface area contributed by atoms with Crippen LogP contribution in [0.25, 0.3) is 10.9 Å². The molecule has 1 fully saturated rings. The van der Waals surface area contributed by atoms with Gasteiger partial charge in [0.2, 0.25) is 11.8 Å². The number of hydrogen-bond acceptors (Lipinski definition) is 3. The van der Waals surface area contributed by atoms with Gasteiger partial charge >= 0.3 is 0 Å². The van der Waals surface area contributed by atoms with Gasteiger partial charge in [0.25, 0.3) is 0 Å². The van der Waals surface area contributed by atoms with E-state index < -0.39 is 0 Å². The molecule has 0 radical (unpaired) electrons. The van der Waals surface area contributed by atoms with Crippen molar-refractivity contribution in [2.45, 2.75) is 13.0 Å². The van der Waals surface area contributed by atoms with Gasteiger partial charge in [0.15, 0.2) is 5.82 Å². The Morgan fingerprint density at radius 3 is 2.85 bits per heavy atom. The number of amides is 2. The minimum Gasteiger partial charge on any atom is -0.341 e. The van der Waals surface area contributed by atoms with Crippen molar-refractivity contribution in [1.82, 2.24) is 15.1 Å². The number of H-pyrrole nitrogens is 1.